The first kappa shape index (κ1) is 11.0. The standard InChI is InChI=1S/C12H17N3O/c1-9(7-13)8-15-12(2,16)10-5-3-4-6-11(10)14-15/h3-7,14,16H,8,13H2,1-2H3/b9-7+. The van der Waals surface area contributed by atoms with Gasteiger partial charge in [-0.2, -0.15) is 5.01 Å². The molecule has 86 valence electrons. The first-order chi connectivity index (χ1) is 7.55. The van der Waals surface area contributed by atoms with Crippen molar-refractivity contribution in [3.05, 3.63) is 41.6 Å². The van der Waals surface area contributed by atoms with Gasteiger partial charge in [0.2, 0.25) is 0 Å². The van der Waals surface area contributed by atoms with Crippen molar-refractivity contribution in [2.75, 3.05) is 12.0 Å². The number of hydrazine groups is 1. The molecule has 0 amide bonds. The van der Waals surface area contributed by atoms with Crippen LogP contribution in [0.25, 0.3) is 0 Å². The molecule has 1 unspecified atom stereocenters. The van der Waals surface area contributed by atoms with Crippen LogP contribution in [0.3, 0.4) is 0 Å². The van der Waals surface area contributed by atoms with Crippen molar-refractivity contribution in [1.82, 2.24) is 5.01 Å². The van der Waals surface area contributed by atoms with Gasteiger partial charge in [-0.15, -0.1) is 0 Å². The van der Waals surface area contributed by atoms with E-state index >= 15 is 0 Å². The average Bonchev–Trinajstić information content (AvgIpc) is 2.52. The number of fused-ring (bicyclic) bond motifs is 1. The molecule has 16 heavy (non-hydrogen) atoms. The van der Waals surface area contributed by atoms with Gasteiger partial charge >= 0.3 is 0 Å². The fraction of sp³-hybridized carbons (Fsp3) is 0.333. The van der Waals surface area contributed by atoms with Crippen molar-refractivity contribution in [1.29, 1.82) is 0 Å². The van der Waals surface area contributed by atoms with E-state index in [2.05, 4.69) is 5.43 Å². The molecule has 2 rings (SSSR count). The van der Waals surface area contributed by atoms with Crippen LogP contribution in [0.15, 0.2) is 36.0 Å². The second-order valence-corrected chi connectivity index (χ2v) is 4.28. The van der Waals surface area contributed by atoms with Gasteiger partial charge in [0.15, 0.2) is 5.72 Å². The Balaban J connectivity index is 2.29. The predicted octanol–water partition coefficient (Wildman–Crippen LogP) is 1.36. The second-order valence-electron chi connectivity index (χ2n) is 4.28. The van der Waals surface area contributed by atoms with Gasteiger partial charge in [0.05, 0.1) is 5.69 Å². The molecular formula is C12H17N3O. The molecule has 4 N–H and O–H groups in total. The number of benzene rings is 1. The third-order valence-corrected chi connectivity index (χ3v) is 2.91. The normalized spacial score (nSPS) is 25.3. The Morgan fingerprint density at radius 2 is 2.25 bits per heavy atom. The van der Waals surface area contributed by atoms with Crippen LogP contribution in [0.5, 0.6) is 0 Å². The van der Waals surface area contributed by atoms with Crippen LogP contribution in [0, 0.1) is 0 Å². The molecule has 0 bridgehead atoms. The van der Waals surface area contributed by atoms with E-state index in [1.54, 1.807) is 18.1 Å². The van der Waals surface area contributed by atoms with E-state index in [9.17, 15) is 5.11 Å². The number of anilines is 1. The molecule has 4 nitrogen and oxygen atoms in total. The lowest BCUT2D eigenvalue weighted by molar-refractivity contribution is -0.0700. The first-order valence-electron chi connectivity index (χ1n) is 5.29. The van der Waals surface area contributed by atoms with Crippen LogP contribution >= 0.6 is 0 Å². The van der Waals surface area contributed by atoms with Crippen LogP contribution in [-0.4, -0.2) is 16.7 Å². The molecule has 0 fully saturated rings. The highest BCUT2D eigenvalue weighted by molar-refractivity contribution is 5.56. The van der Waals surface area contributed by atoms with Crippen LogP contribution in [0.2, 0.25) is 0 Å². The summed E-state index contributed by atoms with van der Waals surface area (Å²) in [5, 5.41) is 12.2. The molecule has 0 radical (unpaired) electrons. The van der Waals surface area contributed by atoms with Crippen molar-refractivity contribution in [2.24, 2.45) is 5.73 Å². The molecule has 0 aromatic heterocycles. The van der Waals surface area contributed by atoms with E-state index in [4.69, 9.17) is 5.73 Å². The molecule has 1 aromatic carbocycles. The van der Waals surface area contributed by atoms with Gasteiger partial charge in [-0.3, -0.25) is 0 Å². The maximum Gasteiger partial charge on any atom is 0.160 e. The Bertz CT molecular complexity index is 426. The maximum atomic E-state index is 10.4. The van der Waals surface area contributed by atoms with E-state index in [1.807, 2.05) is 31.2 Å². The molecule has 1 aliphatic rings. The summed E-state index contributed by atoms with van der Waals surface area (Å²) in [5.74, 6) is 0. The van der Waals surface area contributed by atoms with Crippen molar-refractivity contribution in [2.45, 2.75) is 19.6 Å². The minimum atomic E-state index is -0.999. The zero-order chi connectivity index (χ0) is 11.8. The Hall–Kier alpha value is -1.52. The molecule has 1 atom stereocenters. The third kappa shape index (κ3) is 1.66. The van der Waals surface area contributed by atoms with Gasteiger partial charge in [-0.05, 0) is 31.7 Å². The van der Waals surface area contributed by atoms with Crippen molar-refractivity contribution < 1.29 is 5.11 Å². The summed E-state index contributed by atoms with van der Waals surface area (Å²) >= 11 is 0. The Labute approximate surface area is 95.3 Å². The Morgan fingerprint density at radius 3 is 2.88 bits per heavy atom. The van der Waals surface area contributed by atoms with E-state index in [-0.39, 0.29) is 0 Å². The molecule has 0 aliphatic carbocycles. The van der Waals surface area contributed by atoms with Crippen molar-refractivity contribution in [3.8, 4) is 0 Å². The largest absolute Gasteiger partial charge is 0.405 e. The van der Waals surface area contributed by atoms with Gasteiger partial charge < -0.3 is 16.3 Å². The van der Waals surface area contributed by atoms with Gasteiger partial charge in [0, 0.05) is 12.1 Å². The Kier molecular flexibility index (Phi) is 2.61. The molecule has 0 saturated carbocycles. The molecule has 1 aromatic rings. The van der Waals surface area contributed by atoms with Crippen LogP contribution in [0.4, 0.5) is 5.69 Å². The topological polar surface area (TPSA) is 61.5 Å². The highest BCUT2D eigenvalue weighted by atomic mass is 16.3. The summed E-state index contributed by atoms with van der Waals surface area (Å²) in [6.07, 6.45) is 1.56. The number of nitrogens with zero attached hydrogens (tertiary/aromatic N) is 1. The van der Waals surface area contributed by atoms with Crippen LogP contribution in [0.1, 0.15) is 19.4 Å². The summed E-state index contributed by atoms with van der Waals surface area (Å²) in [4.78, 5) is 0. The maximum absolute atomic E-state index is 10.4. The van der Waals surface area contributed by atoms with Gasteiger partial charge in [-0.1, -0.05) is 18.2 Å². The number of rotatable bonds is 2. The number of hydrogen-bond acceptors (Lipinski definition) is 4. The molecular weight excluding hydrogens is 202 g/mol. The minimum Gasteiger partial charge on any atom is -0.405 e. The molecule has 0 spiro atoms. The quantitative estimate of drug-likeness (QED) is 0.702. The second kappa shape index (κ2) is 3.81. The van der Waals surface area contributed by atoms with Gasteiger partial charge in [0.25, 0.3) is 0 Å². The number of aliphatic hydroxyl groups is 1. The fourth-order valence-corrected chi connectivity index (χ4v) is 1.89. The molecule has 1 aliphatic heterocycles. The van der Waals surface area contributed by atoms with E-state index < -0.39 is 5.72 Å². The van der Waals surface area contributed by atoms with E-state index in [0.717, 1.165) is 16.8 Å². The minimum absolute atomic E-state index is 0.582. The van der Waals surface area contributed by atoms with Crippen molar-refractivity contribution >= 4 is 5.69 Å². The van der Waals surface area contributed by atoms with E-state index in [0.29, 0.717) is 6.54 Å². The zero-order valence-electron chi connectivity index (χ0n) is 9.57. The van der Waals surface area contributed by atoms with Crippen molar-refractivity contribution in [3.63, 3.8) is 0 Å². The van der Waals surface area contributed by atoms with Gasteiger partial charge in [-0.25, -0.2) is 0 Å². The lowest BCUT2D eigenvalue weighted by Crippen LogP contribution is -2.42. The summed E-state index contributed by atoms with van der Waals surface area (Å²) < 4.78 is 0. The molecule has 1 heterocycles. The summed E-state index contributed by atoms with van der Waals surface area (Å²) in [7, 11) is 0. The average molecular weight is 219 g/mol. The number of nitrogens with one attached hydrogen (secondary N) is 1. The number of hydrogen-bond donors (Lipinski definition) is 3. The SMILES string of the molecule is C/C(=C\N)CN1Nc2ccccc2C1(C)O. The van der Waals surface area contributed by atoms with Crippen LogP contribution in [-0.2, 0) is 5.72 Å². The lowest BCUT2D eigenvalue weighted by atomic mass is 10.0. The lowest BCUT2D eigenvalue weighted by Gasteiger charge is -2.30. The summed E-state index contributed by atoms with van der Waals surface area (Å²) in [5.41, 5.74) is 10.5. The fourth-order valence-electron chi connectivity index (χ4n) is 1.89. The summed E-state index contributed by atoms with van der Waals surface area (Å²) in [6, 6.07) is 7.73. The Morgan fingerprint density at radius 1 is 1.56 bits per heavy atom. The zero-order valence-corrected chi connectivity index (χ0v) is 9.57. The first-order valence-corrected chi connectivity index (χ1v) is 5.29. The third-order valence-electron chi connectivity index (χ3n) is 2.91. The van der Waals surface area contributed by atoms with Gasteiger partial charge in [0.1, 0.15) is 0 Å². The molecule has 0 saturated heterocycles. The summed E-state index contributed by atoms with van der Waals surface area (Å²) in [6.45, 7) is 4.29. The monoisotopic (exact) mass is 219 g/mol. The highest BCUT2D eigenvalue weighted by Crippen LogP contribution is 2.37. The molecule has 4 heteroatoms. The predicted molar refractivity (Wildman–Crippen MR) is 64.3 cm³/mol. The highest BCUT2D eigenvalue weighted by Gasteiger charge is 2.39. The van der Waals surface area contributed by atoms with E-state index in [1.165, 1.54) is 0 Å². The smallest absolute Gasteiger partial charge is 0.160 e. The number of nitrogens with two attached hydrogens (primary N) is 1. The number of para-hydroxylation sites is 1. The van der Waals surface area contributed by atoms with Crippen LogP contribution < -0.4 is 11.2 Å².